The van der Waals surface area contributed by atoms with Crippen LogP contribution in [-0.2, 0) is 33.6 Å². The molecule has 6 aromatic carbocycles. The first kappa shape index (κ1) is 131. The van der Waals surface area contributed by atoms with Crippen molar-refractivity contribution in [1.29, 1.82) is 0 Å². The molecule has 0 radical (unpaired) electrons. The molecular weight excluding hydrogens is 2000 g/mol. The second-order valence-corrected chi connectivity index (χ2v) is 48.8. The summed E-state index contributed by atoms with van der Waals surface area (Å²) in [6, 6.07) is 33.8. The summed E-state index contributed by atoms with van der Waals surface area (Å²) >= 11 is 0. The highest BCUT2D eigenvalue weighted by Gasteiger charge is 2.45. The van der Waals surface area contributed by atoms with Crippen molar-refractivity contribution in [2.24, 2.45) is 0 Å². The second-order valence-electron chi connectivity index (χ2n) is 45.2. The van der Waals surface area contributed by atoms with Gasteiger partial charge in [0.25, 0.3) is 0 Å². The number of hydrogen-bond acceptors (Lipinski definition) is 8. The molecule has 3 heterocycles. The van der Waals surface area contributed by atoms with Crippen molar-refractivity contribution >= 4 is 40.5 Å². The van der Waals surface area contributed by atoms with Gasteiger partial charge in [-0.15, -0.1) is 0 Å². The molecule has 0 unspecified atom stereocenters. The number of aromatic hydroxyl groups is 1. The Labute approximate surface area is 925 Å². The van der Waals surface area contributed by atoms with Crippen LogP contribution in [0, 0.1) is 76.2 Å². The molecule has 0 amide bonds. The lowest BCUT2D eigenvalue weighted by molar-refractivity contribution is -0.117. The Bertz CT molecular complexity index is 5610. The fourth-order valence-corrected chi connectivity index (χ4v) is 24.9. The number of ether oxygens (including phenoxy) is 3. The number of phenols is 1. The van der Waals surface area contributed by atoms with Gasteiger partial charge in [0.15, 0.2) is 17.3 Å². The predicted octanol–water partition coefficient (Wildman–Crippen LogP) is 34.0. The molecule has 0 aromatic heterocycles. The first-order valence-electron chi connectivity index (χ1n) is 55.7. The van der Waals surface area contributed by atoms with Crippen LogP contribution in [-0.4, -0.2) is 82.8 Å². The highest BCUT2D eigenvalue weighted by atomic mass is 127. The molecule has 6 aromatic rings. The van der Waals surface area contributed by atoms with Crippen LogP contribution in [0.4, 0.5) is 17.6 Å². The molecule has 14 heteroatoms. The van der Waals surface area contributed by atoms with Crippen molar-refractivity contribution in [3.05, 3.63) is 319 Å². The monoisotopic (exact) mass is 2190 g/mol. The van der Waals surface area contributed by atoms with E-state index in [1.807, 2.05) is 52.8 Å². The number of benzene rings is 6. The Hall–Kier alpha value is -9.01. The zero-order valence-corrected chi connectivity index (χ0v) is 101. The topological polar surface area (TPSA) is 119 Å². The van der Waals surface area contributed by atoms with E-state index < -0.39 is 25.3 Å². The van der Waals surface area contributed by atoms with E-state index in [0.717, 1.165) is 230 Å². The number of hydrogen-bond donors (Lipinski definition) is 2. The molecule has 0 spiro atoms. The van der Waals surface area contributed by atoms with Crippen molar-refractivity contribution in [1.82, 2.24) is 0 Å². The minimum atomic E-state index is -1.76. The zero-order chi connectivity index (χ0) is 111. The fourth-order valence-electron chi connectivity index (χ4n) is 20.5. The van der Waals surface area contributed by atoms with Gasteiger partial charge in [0.1, 0.15) is 89.7 Å². The summed E-state index contributed by atoms with van der Waals surface area (Å²) in [6.07, 6.45) is 57.5. The Morgan fingerprint density at radius 2 is 0.600 bits per heavy atom. The third kappa shape index (κ3) is 41.3. The van der Waals surface area contributed by atoms with Gasteiger partial charge < -0.3 is 48.4 Å². The van der Waals surface area contributed by atoms with E-state index >= 15 is 0 Å². The number of fused-ring (bicyclic) bond motifs is 3. The highest BCUT2D eigenvalue weighted by Crippen LogP contribution is 2.57. The molecule has 10 rings (SSSR count). The smallest absolute Gasteiger partial charge is 0.185 e. The summed E-state index contributed by atoms with van der Waals surface area (Å²) in [5.41, 5.74) is 32.8. The maximum Gasteiger partial charge on any atom is 0.185 e. The van der Waals surface area contributed by atoms with Gasteiger partial charge in [-0.05, 0) is 539 Å². The van der Waals surface area contributed by atoms with Gasteiger partial charge in [-0.2, -0.15) is 0 Å². The number of Topliss-reactive ketones (excluding diaryl/α,β-unsaturated/α-hetero) is 3. The zero-order valence-electron chi connectivity index (χ0n) is 98.4. The maximum absolute atomic E-state index is 12.6. The number of carbonyl (C=O) groups is 3. The SMILES string of the molecule is C/C(=C/CC/C(C)=C/CC/C(C)=C/CC[C@]1(C)CCc2c(C)c(C)c(C)c(C)c2O1)CF.C/C(=C/CC/C(C)=C/CC/C(C)=C/CC[C@]1(C)CCc2c(C)c(O)c(C)c(C)c2O1)CF.C/C(=C\CC[C@]1(C)CCc2c(C)c(C)c(C)c(C)c2O1)CC/C=C(\C)CCC[P+](c1ccccc1)(c1ccccc1)c1ccccc1.CC(=O)CF.CC1=C(C)C(=O)C(CC[C@](C)(O)CC/C=C(\C)CC/C=C(\C)CC/C=C(/C)CF)=C(C)C1=O.[I-]. The van der Waals surface area contributed by atoms with Crippen molar-refractivity contribution in [3.63, 3.8) is 0 Å². The van der Waals surface area contributed by atoms with Crippen molar-refractivity contribution in [3.8, 4) is 23.0 Å². The third-order valence-electron chi connectivity index (χ3n) is 32.2. The van der Waals surface area contributed by atoms with Crippen LogP contribution in [0.3, 0.4) is 0 Å². The summed E-state index contributed by atoms with van der Waals surface area (Å²) in [5.74, 6) is 3.19. The van der Waals surface area contributed by atoms with Crippen LogP contribution in [0.5, 0.6) is 23.0 Å². The molecule has 0 bridgehead atoms. The van der Waals surface area contributed by atoms with Gasteiger partial charge in [0.05, 0.1) is 11.8 Å². The van der Waals surface area contributed by atoms with Crippen molar-refractivity contribution in [2.75, 3.05) is 32.9 Å². The predicted molar refractivity (Wildman–Crippen MR) is 633 cm³/mol. The number of ketones is 3. The molecule has 8 nitrogen and oxygen atoms in total. The number of carbonyl (C=O) groups excluding carboxylic acids is 3. The van der Waals surface area contributed by atoms with Crippen LogP contribution in [0.25, 0.3) is 0 Å². The third-order valence-corrected chi connectivity index (χ3v) is 36.7. The summed E-state index contributed by atoms with van der Waals surface area (Å²) in [4.78, 5) is 34.3. The minimum Gasteiger partial charge on any atom is -1.00 e. The first-order chi connectivity index (χ1) is 70.5. The number of aliphatic hydroxyl groups is 1. The van der Waals surface area contributed by atoms with Crippen LogP contribution >= 0.6 is 7.26 Å². The first-order valence-corrected chi connectivity index (χ1v) is 57.7. The second kappa shape index (κ2) is 65.0. The standard InChI is InChI=1S/C45H56OP.C30H45FO.C29H43FO3.C29H43FO2.C3H5FO.HI/c1-34(22-18-31-45(7)32-30-43-38(5)36(3)37(4)39(6)44(43)46-45)20-17-21-35(2)23-19-33-47(40-24-11-8-12-25-40,41-26-13-9-14-27-41)42-28-15-10-16-29-42;1-21(14-10-15-23(3)20-31)12-9-13-22(2)16-11-18-30(8)19-17-28-26(6)24(4)25(5)27(7)29(28)32-30;1-20(13-9-14-22(3)19-30)11-8-12-21(2)15-10-17-29(7,33)18-16-26-25(6)27(31)23(4)24(5)28(26)32;1-20(13-9-14-22(3)19-30)11-8-12-21(2)15-10-17-29(7)18-16-26-25(6)27(31)23(4)24(5)28(26)32-29;1-3(5)2-4;/h8-16,21-22,24-29H,17-20,23,30-33H2,1-7H3;12,15-16H,9-11,13-14,17-20H2,1-8H3;11,14-15,33H,8-10,12-13,16-19H2,1-7H3;11,14-15,31H,8-10,12-13,16-19H2,1-7H3;2H2,1H3;1H/q+1;;;;;/p-1/b34-22+,35-21+;21-12+,22-16+,23-15-;2*20-11+,21-15+,22-14-;;/t45-;30-;2*29-;;/m1111../s1. The molecular formula is C136H192F4IO8P. The number of halogens is 5. The lowest BCUT2D eigenvalue weighted by Crippen LogP contribution is -3.00. The fraction of sp³-hybridized carbons (Fsp3) is 0.522. The van der Waals surface area contributed by atoms with E-state index in [0.29, 0.717) is 47.3 Å². The lowest BCUT2D eigenvalue weighted by Gasteiger charge is -2.38. The molecule has 4 atom stereocenters. The summed E-state index contributed by atoms with van der Waals surface area (Å²) in [6.45, 7) is 60.2. The number of allylic oxidation sites excluding steroid dienone is 26. The van der Waals surface area contributed by atoms with Gasteiger partial charge in [-0.25, -0.2) is 17.6 Å². The minimum absolute atomic E-state index is 0. The quantitative estimate of drug-likeness (QED) is 0.0127. The molecule has 0 saturated carbocycles. The Kier molecular flexibility index (Phi) is 56.9. The molecule has 3 aliphatic heterocycles. The van der Waals surface area contributed by atoms with Crippen LogP contribution < -0.4 is 54.1 Å². The molecule has 0 saturated heterocycles. The molecule has 1 aliphatic carbocycles. The normalized spacial score (nSPS) is 18.0. The largest absolute Gasteiger partial charge is 1.00 e. The van der Waals surface area contributed by atoms with Gasteiger partial charge in [0.2, 0.25) is 0 Å². The van der Waals surface area contributed by atoms with Gasteiger partial charge in [-0.1, -0.05) is 166 Å². The van der Waals surface area contributed by atoms with Gasteiger partial charge in [0, 0.05) is 27.9 Å². The van der Waals surface area contributed by atoms with Crippen molar-refractivity contribution < 1.29 is 80.3 Å². The number of alkyl halides is 4. The molecule has 150 heavy (non-hydrogen) atoms. The van der Waals surface area contributed by atoms with E-state index in [9.17, 15) is 42.2 Å². The van der Waals surface area contributed by atoms with Crippen LogP contribution in [0.15, 0.2) is 241 Å². The molecule has 4 aliphatic rings. The number of rotatable bonds is 47. The number of phenolic OH excluding ortho intramolecular Hbond substituents is 1. The van der Waals surface area contributed by atoms with Crippen LogP contribution in [0.2, 0.25) is 0 Å². The van der Waals surface area contributed by atoms with E-state index in [1.165, 1.54) is 141 Å². The van der Waals surface area contributed by atoms with Crippen LogP contribution in [0.1, 0.15) is 396 Å². The summed E-state index contributed by atoms with van der Waals surface area (Å²) in [5, 5.41) is 25.6. The van der Waals surface area contributed by atoms with Gasteiger partial charge >= 0.3 is 0 Å². The molecule has 0 fully saturated rings. The van der Waals surface area contributed by atoms with E-state index in [4.69, 9.17) is 14.2 Å². The summed E-state index contributed by atoms with van der Waals surface area (Å²) < 4.78 is 68.1. The van der Waals surface area contributed by atoms with E-state index in [1.54, 1.807) is 27.7 Å². The van der Waals surface area contributed by atoms with Crippen molar-refractivity contribution in [2.45, 2.75) is 436 Å². The molecule has 824 valence electrons. The maximum atomic E-state index is 12.6. The van der Waals surface area contributed by atoms with E-state index in [2.05, 4.69) is 278 Å². The van der Waals surface area contributed by atoms with Gasteiger partial charge in [-0.3, -0.25) is 14.4 Å². The average molecular weight is 2190 g/mol. The Balaban J connectivity index is 0.000000350. The lowest BCUT2D eigenvalue weighted by atomic mass is 9.82. The van der Waals surface area contributed by atoms with E-state index in [-0.39, 0.29) is 72.4 Å². The summed E-state index contributed by atoms with van der Waals surface area (Å²) in [7, 11) is -1.76. The Morgan fingerprint density at radius 1 is 0.340 bits per heavy atom. The average Bonchev–Trinajstić information content (AvgIpc) is 0.761. The highest BCUT2D eigenvalue weighted by molar-refractivity contribution is 7.95. The molecule has 2 N–H and O–H groups in total. The Morgan fingerprint density at radius 3 is 0.900 bits per heavy atom.